The van der Waals surface area contributed by atoms with Gasteiger partial charge < -0.3 is 14.2 Å². The number of carbonyl (C=O) groups is 2. The molecule has 0 aliphatic rings. The lowest BCUT2D eigenvalue weighted by atomic mass is 10.0. The molecule has 0 spiro atoms. The molecule has 30 heavy (non-hydrogen) atoms. The number of fused-ring (bicyclic) bond motifs is 1. The minimum absolute atomic E-state index is 0.219. The molecule has 0 saturated heterocycles. The van der Waals surface area contributed by atoms with Gasteiger partial charge in [-0.25, -0.2) is 10.2 Å². The predicted molar refractivity (Wildman–Crippen MR) is 114 cm³/mol. The van der Waals surface area contributed by atoms with Crippen LogP contribution in [0.3, 0.4) is 0 Å². The molecule has 7 nitrogen and oxygen atoms in total. The minimum Gasteiger partial charge on any atom is -0.496 e. The summed E-state index contributed by atoms with van der Waals surface area (Å²) in [7, 11) is 1.58. The third-order valence-electron chi connectivity index (χ3n) is 4.27. The summed E-state index contributed by atoms with van der Waals surface area (Å²) in [5.74, 6) is 0.294. The van der Waals surface area contributed by atoms with Gasteiger partial charge in [-0.15, -0.1) is 0 Å². The first-order valence-electron chi connectivity index (χ1n) is 9.40. The van der Waals surface area contributed by atoms with E-state index >= 15 is 0 Å². The number of benzene rings is 3. The van der Waals surface area contributed by atoms with Crippen LogP contribution in [0, 0.1) is 0 Å². The Hall–Kier alpha value is -3.87. The van der Waals surface area contributed by atoms with Gasteiger partial charge in [0, 0.05) is 5.56 Å². The van der Waals surface area contributed by atoms with Gasteiger partial charge in [0.1, 0.15) is 11.5 Å². The summed E-state index contributed by atoms with van der Waals surface area (Å²) in [4.78, 5) is 23.7. The van der Waals surface area contributed by atoms with Crippen LogP contribution in [0.4, 0.5) is 0 Å². The molecule has 0 aliphatic carbocycles. The summed E-state index contributed by atoms with van der Waals surface area (Å²) in [6.07, 6.45) is 1.55. The normalized spacial score (nSPS) is 10.7. The number of hydrazone groups is 1. The van der Waals surface area contributed by atoms with Crippen LogP contribution in [0.5, 0.6) is 11.5 Å². The van der Waals surface area contributed by atoms with E-state index in [1.54, 1.807) is 44.5 Å². The molecule has 1 N–H and O–H groups in total. The van der Waals surface area contributed by atoms with E-state index < -0.39 is 11.9 Å². The third-order valence-corrected chi connectivity index (χ3v) is 4.27. The molecule has 3 rings (SSSR count). The minimum atomic E-state index is -0.417. The van der Waals surface area contributed by atoms with E-state index in [1.807, 2.05) is 36.4 Å². The zero-order chi connectivity index (χ0) is 21.3. The predicted octanol–water partition coefficient (Wildman–Crippen LogP) is 3.55. The SMILES string of the molecule is CCOC(=O)c1ccc(OCC(=O)NN=Cc2c(OC)ccc3ccccc23)cc1. The maximum absolute atomic E-state index is 12.0. The van der Waals surface area contributed by atoms with Crippen LogP contribution in [0.25, 0.3) is 10.8 Å². The Morgan fingerprint density at radius 1 is 1.03 bits per heavy atom. The Morgan fingerprint density at radius 3 is 2.53 bits per heavy atom. The molecule has 154 valence electrons. The molecule has 0 fully saturated rings. The van der Waals surface area contributed by atoms with Crippen molar-refractivity contribution in [1.82, 2.24) is 5.43 Å². The summed E-state index contributed by atoms with van der Waals surface area (Å²) in [6.45, 7) is 1.83. The first-order chi connectivity index (χ1) is 14.6. The van der Waals surface area contributed by atoms with Crippen molar-refractivity contribution >= 4 is 28.9 Å². The number of carbonyl (C=O) groups excluding carboxylic acids is 2. The van der Waals surface area contributed by atoms with Crippen molar-refractivity contribution < 1.29 is 23.8 Å². The average molecular weight is 406 g/mol. The largest absolute Gasteiger partial charge is 0.496 e. The molecule has 7 heteroatoms. The van der Waals surface area contributed by atoms with Crippen LogP contribution >= 0.6 is 0 Å². The van der Waals surface area contributed by atoms with Gasteiger partial charge in [-0.2, -0.15) is 5.10 Å². The van der Waals surface area contributed by atoms with Crippen LogP contribution in [0.15, 0.2) is 65.8 Å². The molecule has 3 aromatic carbocycles. The highest BCUT2D eigenvalue weighted by Crippen LogP contribution is 2.26. The highest BCUT2D eigenvalue weighted by Gasteiger charge is 2.08. The van der Waals surface area contributed by atoms with Crippen LogP contribution in [0.2, 0.25) is 0 Å². The number of hydrogen-bond acceptors (Lipinski definition) is 6. The van der Waals surface area contributed by atoms with Gasteiger partial charge in [0.05, 0.1) is 25.5 Å². The lowest BCUT2D eigenvalue weighted by Gasteiger charge is -2.08. The van der Waals surface area contributed by atoms with E-state index in [0.717, 1.165) is 16.3 Å². The average Bonchev–Trinajstić information content (AvgIpc) is 2.78. The van der Waals surface area contributed by atoms with Crippen molar-refractivity contribution in [2.45, 2.75) is 6.92 Å². The van der Waals surface area contributed by atoms with Crippen molar-refractivity contribution in [3.05, 3.63) is 71.8 Å². The Kier molecular flexibility index (Phi) is 7.00. The van der Waals surface area contributed by atoms with E-state index in [0.29, 0.717) is 23.7 Å². The number of hydrogen-bond donors (Lipinski definition) is 1. The number of ether oxygens (including phenoxy) is 3. The number of rotatable bonds is 8. The first-order valence-corrected chi connectivity index (χ1v) is 9.40. The molecule has 0 atom stereocenters. The maximum atomic E-state index is 12.0. The monoisotopic (exact) mass is 406 g/mol. The fourth-order valence-corrected chi connectivity index (χ4v) is 2.84. The van der Waals surface area contributed by atoms with Crippen LogP contribution in [-0.4, -0.2) is 38.4 Å². The highest BCUT2D eigenvalue weighted by atomic mass is 16.5. The molecule has 3 aromatic rings. The van der Waals surface area contributed by atoms with Gasteiger partial charge >= 0.3 is 5.97 Å². The smallest absolute Gasteiger partial charge is 0.338 e. The fraction of sp³-hybridized carbons (Fsp3) is 0.174. The van der Waals surface area contributed by atoms with E-state index in [2.05, 4.69) is 10.5 Å². The number of nitrogens with one attached hydrogen (secondary N) is 1. The second kappa shape index (κ2) is 10.1. The van der Waals surface area contributed by atoms with E-state index in [9.17, 15) is 9.59 Å². The Bertz CT molecular complexity index is 1060. The van der Waals surface area contributed by atoms with E-state index in [1.165, 1.54) is 0 Å². The fourth-order valence-electron chi connectivity index (χ4n) is 2.84. The van der Waals surface area contributed by atoms with Gasteiger partial charge in [-0.1, -0.05) is 30.3 Å². The summed E-state index contributed by atoms with van der Waals surface area (Å²) in [6, 6.07) is 18.0. The lowest BCUT2D eigenvalue weighted by Crippen LogP contribution is -2.24. The van der Waals surface area contributed by atoms with Crippen molar-refractivity contribution in [2.75, 3.05) is 20.3 Å². The number of methoxy groups -OCH3 is 1. The zero-order valence-corrected chi connectivity index (χ0v) is 16.8. The molecule has 0 radical (unpaired) electrons. The van der Waals surface area contributed by atoms with Gasteiger partial charge in [0.15, 0.2) is 6.61 Å². The van der Waals surface area contributed by atoms with Crippen molar-refractivity contribution in [3.8, 4) is 11.5 Å². The lowest BCUT2D eigenvalue weighted by molar-refractivity contribution is -0.123. The molecule has 1 amide bonds. The molecular weight excluding hydrogens is 384 g/mol. The van der Waals surface area contributed by atoms with E-state index in [4.69, 9.17) is 14.2 Å². The van der Waals surface area contributed by atoms with E-state index in [-0.39, 0.29) is 6.61 Å². The molecule has 0 unspecified atom stereocenters. The first kappa shape index (κ1) is 20.9. The third kappa shape index (κ3) is 5.14. The number of amides is 1. The standard InChI is InChI=1S/C23H22N2O5/c1-3-29-23(27)17-8-11-18(12-9-17)30-15-22(26)25-24-14-20-19-7-5-4-6-16(19)10-13-21(20)28-2/h4-14H,3,15H2,1-2H3,(H,25,26). The molecular formula is C23H22N2O5. The molecule has 0 bridgehead atoms. The second-order valence-electron chi connectivity index (χ2n) is 6.23. The summed E-state index contributed by atoms with van der Waals surface area (Å²) in [5, 5.41) is 6.03. The van der Waals surface area contributed by atoms with Crippen LogP contribution in [-0.2, 0) is 9.53 Å². The van der Waals surface area contributed by atoms with Crippen LogP contribution < -0.4 is 14.9 Å². The Morgan fingerprint density at radius 2 is 1.80 bits per heavy atom. The van der Waals surface area contributed by atoms with Gasteiger partial charge in [-0.05, 0) is 48.0 Å². The Labute approximate surface area is 174 Å². The maximum Gasteiger partial charge on any atom is 0.338 e. The van der Waals surface area contributed by atoms with Crippen molar-refractivity contribution in [1.29, 1.82) is 0 Å². The zero-order valence-electron chi connectivity index (χ0n) is 16.8. The summed E-state index contributed by atoms with van der Waals surface area (Å²) in [5.41, 5.74) is 3.63. The van der Waals surface area contributed by atoms with Crippen molar-refractivity contribution in [3.63, 3.8) is 0 Å². The second-order valence-corrected chi connectivity index (χ2v) is 6.23. The molecule has 0 heterocycles. The van der Waals surface area contributed by atoms with Gasteiger partial charge in [-0.3, -0.25) is 4.79 Å². The van der Waals surface area contributed by atoms with Crippen LogP contribution in [0.1, 0.15) is 22.8 Å². The summed E-state index contributed by atoms with van der Waals surface area (Å²) >= 11 is 0. The Balaban J connectivity index is 1.58. The number of nitrogens with zero attached hydrogens (tertiary/aromatic N) is 1. The quantitative estimate of drug-likeness (QED) is 0.351. The van der Waals surface area contributed by atoms with Gasteiger partial charge in [0.2, 0.25) is 0 Å². The molecule has 0 aliphatic heterocycles. The summed E-state index contributed by atoms with van der Waals surface area (Å²) < 4.78 is 15.7. The molecule has 0 saturated carbocycles. The van der Waals surface area contributed by atoms with Gasteiger partial charge in [0.25, 0.3) is 5.91 Å². The topological polar surface area (TPSA) is 86.2 Å². The highest BCUT2D eigenvalue weighted by molar-refractivity contribution is 6.02. The number of esters is 1. The van der Waals surface area contributed by atoms with Crippen molar-refractivity contribution in [2.24, 2.45) is 5.10 Å². The molecule has 0 aromatic heterocycles.